The highest BCUT2D eigenvalue weighted by Crippen LogP contribution is 2.25. The monoisotopic (exact) mass is 398 g/mol. The smallest absolute Gasteiger partial charge is 0.223 e. The molecule has 1 N–H and O–H groups in total. The quantitative estimate of drug-likeness (QED) is 0.827. The van der Waals surface area contributed by atoms with E-state index in [1.54, 1.807) is 24.3 Å². The maximum absolute atomic E-state index is 12.7. The van der Waals surface area contributed by atoms with Gasteiger partial charge in [0.25, 0.3) is 0 Å². The van der Waals surface area contributed by atoms with Gasteiger partial charge >= 0.3 is 0 Å². The standard InChI is InChI=1S/C19H27ClN2O3S/c20-18-9-5-4-6-16(18)14-26(24,25)22-12-10-15(11-13-22)19(23)21-17-7-2-1-3-8-17/h4-6,9,15,17H,1-3,7-8,10-14H2,(H,21,23). The number of hydrogen-bond acceptors (Lipinski definition) is 3. The van der Waals surface area contributed by atoms with Gasteiger partial charge in [0, 0.05) is 30.1 Å². The summed E-state index contributed by atoms with van der Waals surface area (Å²) in [6, 6.07) is 7.32. The van der Waals surface area contributed by atoms with E-state index in [0.717, 1.165) is 12.8 Å². The highest BCUT2D eigenvalue weighted by Gasteiger charge is 2.32. The van der Waals surface area contributed by atoms with Gasteiger partial charge in [0.15, 0.2) is 0 Å². The van der Waals surface area contributed by atoms with Gasteiger partial charge in [0.05, 0.1) is 5.75 Å². The van der Waals surface area contributed by atoms with Gasteiger partial charge in [-0.2, -0.15) is 0 Å². The van der Waals surface area contributed by atoms with Crippen molar-refractivity contribution in [3.63, 3.8) is 0 Å². The topological polar surface area (TPSA) is 66.5 Å². The van der Waals surface area contributed by atoms with Crippen LogP contribution < -0.4 is 5.32 Å². The Labute approximate surface area is 161 Å². The van der Waals surface area contributed by atoms with Gasteiger partial charge in [-0.25, -0.2) is 12.7 Å². The average Bonchev–Trinajstić information content (AvgIpc) is 2.64. The van der Waals surface area contributed by atoms with Gasteiger partial charge in [-0.05, 0) is 37.3 Å². The van der Waals surface area contributed by atoms with E-state index < -0.39 is 10.0 Å². The van der Waals surface area contributed by atoms with Gasteiger partial charge in [-0.15, -0.1) is 0 Å². The van der Waals surface area contributed by atoms with Crippen LogP contribution in [0.1, 0.15) is 50.5 Å². The number of nitrogens with one attached hydrogen (secondary N) is 1. The first-order chi connectivity index (χ1) is 12.5. The molecule has 1 heterocycles. The molecule has 5 nitrogen and oxygen atoms in total. The number of nitrogens with zero attached hydrogens (tertiary/aromatic N) is 1. The molecular formula is C19H27ClN2O3S. The molecule has 2 fully saturated rings. The number of rotatable bonds is 5. The Bertz CT molecular complexity index is 724. The lowest BCUT2D eigenvalue weighted by Gasteiger charge is -2.32. The molecule has 7 heteroatoms. The molecule has 0 radical (unpaired) electrons. The molecule has 1 aliphatic carbocycles. The van der Waals surface area contributed by atoms with E-state index in [1.165, 1.54) is 23.6 Å². The number of carbonyl (C=O) groups excluding carboxylic acids is 1. The fourth-order valence-electron chi connectivity index (χ4n) is 3.87. The molecule has 3 rings (SSSR count). The minimum atomic E-state index is -3.42. The number of sulfonamides is 1. The van der Waals surface area contributed by atoms with Crippen LogP contribution in [0.15, 0.2) is 24.3 Å². The fourth-order valence-corrected chi connectivity index (χ4v) is 5.74. The van der Waals surface area contributed by atoms with Crippen LogP contribution >= 0.6 is 11.6 Å². The lowest BCUT2D eigenvalue weighted by Crippen LogP contribution is -2.45. The van der Waals surface area contributed by atoms with Crippen LogP contribution in [0.4, 0.5) is 0 Å². The van der Waals surface area contributed by atoms with Crippen LogP contribution in [-0.4, -0.2) is 37.8 Å². The Hall–Kier alpha value is -1.11. The summed E-state index contributed by atoms with van der Waals surface area (Å²) in [7, 11) is -3.42. The second kappa shape index (κ2) is 8.72. The summed E-state index contributed by atoms with van der Waals surface area (Å²) >= 11 is 6.09. The van der Waals surface area contributed by atoms with Crippen molar-refractivity contribution in [3.05, 3.63) is 34.9 Å². The third-order valence-corrected chi connectivity index (χ3v) is 7.66. The lowest BCUT2D eigenvalue weighted by atomic mass is 9.93. The first-order valence-electron chi connectivity index (χ1n) is 9.47. The van der Waals surface area contributed by atoms with E-state index >= 15 is 0 Å². The number of hydrogen-bond donors (Lipinski definition) is 1. The number of amides is 1. The number of halogens is 1. The summed E-state index contributed by atoms with van der Waals surface area (Å²) < 4.78 is 26.8. The SMILES string of the molecule is O=C(NC1CCCCC1)C1CCN(S(=O)(=O)Cc2ccccc2Cl)CC1. The molecule has 144 valence electrons. The van der Waals surface area contributed by atoms with Crippen molar-refractivity contribution in [2.24, 2.45) is 5.92 Å². The predicted molar refractivity (Wildman–Crippen MR) is 103 cm³/mol. The molecule has 1 aliphatic heterocycles. The zero-order valence-corrected chi connectivity index (χ0v) is 16.6. The highest BCUT2D eigenvalue weighted by molar-refractivity contribution is 7.88. The summed E-state index contributed by atoms with van der Waals surface area (Å²) in [5, 5.41) is 3.64. The summed E-state index contributed by atoms with van der Waals surface area (Å²) in [6.45, 7) is 0.797. The van der Waals surface area contributed by atoms with E-state index in [2.05, 4.69) is 5.32 Å². The summed E-state index contributed by atoms with van der Waals surface area (Å²) in [6.07, 6.45) is 6.93. The Morgan fingerprint density at radius 3 is 2.38 bits per heavy atom. The van der Waals surface area contributed by atoms with Crippen molar-refractivity contribution in [1.29, 1.82) is 0 Å². The molecule has 26 heavy (non-hydrogen) atoms. The first-order valence-corrected chi connectivity index (χ1v) is 11.5. The zero-order valence-electron chi connectivity index (χ0n) is 15.0. The van der Waals surface area contributed by atoms with Gasteiger partial charge < -0.3 is 5.32 Å². The Balaban J connectivity index is 1.52. The van der Waals surface area contributed by atoms with Crippen LogP contribution in [0.25, 0.3) is 0 Å². The summed E-state index contributed by atoms with van der Waals surface area (Å²) in [5.41, 5.74) is 0.617. The first kappa shape index (κ1) is 19.6. The largest absolute Gasteiger partial charge is 0.353 e. The molecule has 1 amide bonds. The Morgan fingerprint density at radius 1 is 1.08 bits per heavy atom. The molecule has 2 aliphatic rings. The molecule has 1 aromatic rings. The molecule has 0 bridgehead atoms. The van der Waals surface area contributed by atoms with Crippen molar-refractivity contribution in [3.8, 4) is 0 Å². The number of carbonyl (C=O) groups is 1. The van der Waals surface area contributed by atoms with E-state index in [4.69, 9.17) is 11.6 Å². The second-order valence-electron chi connectivity index (χ2n) is 7.36. The molecule has 0 aromatic heterocycles. The average molecular weight is 399 g/mol. The zero-order chi connectivity index (χ0) is 18.6. The van der Waals surface area contributed by atoms with Crippen molar-refractivity contribution >= 4 is 27.5 Å². The van der Waals surface area contributed by atoms with Crippen LogP contribution in [0.2, 0.25) is 5.02 Å². The van der Waals surface area contributed by atoms with Crippen molar-refractivity contribution in [2.75, 3.05) is 13.1 Å². The predicted octanol–water partition coefficient (Wildman–Crippen LogP) is 3.33. The molecule has 1 aromatic carbocycles. The van der Waals surface area contributed by atoms with E-state index in [1.807, 2.05) is 0 Å². The van der Waals surface area contributed by atoms with Crippen LogP contribution in [-0.2, 0) is 20.6 Å². The van der Waals surface area contributed by atoms with Crippen LogP contribution in [0.3, 0.4) is 0 Å². The van der Waals surface area contributed by atoms with E-state index in [-0.39, 0.29) is 17.6 Å². The fraction of sp³-hybridized carbons (Fsp3) is 0.632. The minimum absolute atomic E-state index is 0.0799. The number of piperidine rings is 1. The number of benzene rings is 1. The van der Waals surface area contributed by atoms with Gasteiger partial charge in [-0.1, -0.05) is 49.1 Å². The maximum atomic E-state index is 12.7. The Morgan fingerprint density at radius 2 is 1.73 bits per heavy atom. The molecule has 1 saturated heterocycles. The van der Waals surface area contributed by atoms with Gasteiger partial charge in [-0.3, -0.25) is 4.79 Å². The van der Waals surface area contributed by atoms with E-state index in [0.29, 0.717) is 42.6 Å². The van der Waals surface area contributed by atoms with Crippen LogP contribution in [0.5, 0.6) is 0 Å². The molecular weight excluding hydrogens is 372 g/mol. The second-order valence-corrected chi connectivity index (χ2v) is 9.74. The van der Waals surface area contributed by atoms with E-state index in [9.17, 15) is 13.2 Å². The maximum Gasteiger partial charge on any atom is 0.223 e. The van der Waals surface area contributed by atoms with Crippen molar-refractivity contribution in [1.82, 2.24) is 9.62 Å². The summed E-state index contributed by atoms with van der Waals surface area (Å²) in [4.78, 5) is 12.5. The molecule has 1 saturated carbocycles. The molecule has 0 unspecified atom stereocenters. The highest BCUT2D eigenvalue weighted by atomic mass is 35.5. The lowest BCUT2D eigenvalue weighted by molar-refractivity contribution is -0.127. The molecule has 0 spiro atoms. The van der Waals surface area contributed by atoms with Gasteiger partial charge in [0.2, 0.25) is 15.9 Å². The van der Waals surface area contributed by atoms with Crippen molar-refractivity contribution < 1.29 is 13.2 Å². The normalized spacial score (nSPS) is 20.8. The molecule has 0 atom stereocenters. The third kappa shape index (κ3) is 4.99. The third-order valence-electron chi connectivity index (χ3n) is 5.47. The summed E-state index contributed by atoms with van der Waals surface area (Å²) in [5.74, 6) is -0.0743. The van der Waals surface area contributed by atoms with Gasteiger partial charge in [0.1, 0.15) is 0 Å². The Kier molecular flexibility index (Phi) is 6.59. The van der Waals surface area contributed by atoms with Crippen molar-refractivity contribution in [2.45, 2.75) is 56.7 Å². The minimum Gasteiger partial charge on any atom is -0.353 e. The van der Waals surface area contributed by atoms with Crippen LogP contribution in [0, 0.1) is 5.92 Å².